The molecule has 0 fully saturated rings. The highest BCUT2D eigenvalue weighted by molar-refractivity contribution is 5.58. The van der Waals surface area contributed by atoms with Gasteiger partial charge in [0.25, 0.3) is 0 Å². The van der Waals surface area contributed by atoms with Crippen LogP contribution in [0.4, 0.5) is 19.0 Å². The lowest BCUT2D eigenvalue weighted by atomic mass is 9.98. The Morgan fingerprint density at radius 2 is 1.96 bits per heavy atom. The van der Waals surface area contributed by atoms with Crippen LogP contribution in [0.25, 0.3) is 11.4 Å². The number of nitrogens with zero attached hydrogens (tertiary/aromatic N) is 4. The van der Waals surface area contributed by atoms with Crippen molar-refractivity contribution in [1.29, 1.82) is 0 Å². The number of rotatable bonds is 3. The van der Waals surface area contributed by atoms with E-state index in [-0.39, 0.29) is 11.6 Å². The minimum absolute atomic E-state index is 0.00867. The molecule has 3 aromatic rings. The summed E-state index contributed by atoms with van der Waals surface area (Å²) in [7, 11) is 1.61. The summed E-state index contributed by atoms with van der Waals surface area (Å²) in [5.74, 6) is 1.05. The van der Waals surface area contributed by atoms with Gasteiger partial charge in [0.05, 0.1) is 7.11 Å². The molecule has 0 bridgehead atoms. The first-order chi connectivity index (χ1) is 13.5. The van der Waals surface area contributed by atoms with Gasteiger partial charge in [0.1, 0.15) is 11.6 Å². The van der Waals surface area contributed by atoms with E-state index in [1.54, 1.807) is 25.4 Å². The van der Waals surface area contributed by atoms with E-state index in [9.17, 15) is 13.2 Å². The normalized spacial score (nSPS) is 13.9. The molecule has 5 nitrogen and oxygen atoms in total. The maximum Gasteiger partial charge on any atom is 0.433 e. The van der Waals surface area contributed by atoms with E-state index in [1.807, 2.05) is 23.1 Å². The molecule has 0 saturated heterocycles. The standard InChI is InChI=1S/C20H17F3N4O/c1-28-16-6-2-4-14-12-27(9-7-15(14)16)18-10-17(20(21,22)23)25-19(26-18)13-5-3-8-24-11-13/h2-6,8,10-11H,7,9,12H2,1H3. The quantitative estimate of drug-likeness (QED) is 0.678. The number of halogens is 3. The van der Waals surface area contributed by atoms with E-state index in [1.165, 1.54) is 6.20 Å². The minimum Gasteiger partial charge on any atom is -0.496 e. The van der Waals surface area contributed by atoms with Crippen molar-refractivity contribution >= 4 is 5.82 Å². The van der Waals surface area contributed by atoms with Crippen LogP contribution in [0.5, 0.6) is 5.75 Å². The highest BCUT2D eigenvalue weighted by Gasteiger charge is 2.34. The largest absolute Gasteiger partial charge is 0.496 e. The first kappa shape index (κ1) is 18.2. The van der Waals surface area contributed by atoms with Gasteiger partial charge in [-0.1, -0.05) is 12.1 Å². The summed E-state index contributed by atoms with van der Waals surface area (Å²) < 4.78 is 45.7. The SMILES string of the molecule is COc1cccc2c1CCN(c1cc(C(F)(F)F)nc(-c3cccnc3)n1)C2. The van der Waals surface area contributed by atoms with Crippen molar-refractivity contribution in [2.75, 3.05) is 18.6 Å². The lowest BCUT2D eigenvalue weighted by Gasteiger charge is -2.31. The molecular formula is C20H17F3N4O. The minimum atomic E-state index is -4.56. The molecule has 8 heteroatoms. The summed E-state index contributed by atoms with van der Waals surface area (Å²) in [6, 6.07) is 10.0. The fourth-order valence-electron chi connectivity index (χ4n) is 3.33. The van der Waals surface area contributed by atoms with Crippen LogP contribution in [0.1, 0.15) is 16.8 Å². The molecule has 1 aliphatic rings. The fourth-order valence-corrected chi connectivity index (χ4v) is 3.33. The molecule has 0 N–H and O–H groups in total. The van der Waals surface area contributed by atoms with E-state index in [4.69, 9.17) is 4.74 Å². The topological polar surface area (TPSA) is 51.1 Å². The molecule has 0 saturated carbocycles. The van der Waals surface area contributed by atoms with Crippen LogP contribution in [0, 0.1) is 0 Å². The summed E-state index contributed by atoms with van der Waals surface area (Å²) in [6.45, 7) is 0.988. The van der Waals surface area contributed by atoms with E-state index in [0.717, 1.165) is 22.9 Å². The third-order valence-corrected chi connectivity index (χ3v) is 4.69. The third kappa shape index (κ3) is 3.49. The molecule has 0 spiro atoms. The van der Waals surface area contributed by atoms with Gasteiger partial charge in [-0.2, -0.15) is 13.2 Å². The van der Waals surface area contributed by atoms with E-state index in [2.05, 4.69) is 15.0 Å². The summed E-state index contributed by atoms with van der Waals surface area (Å²) >= 11 is 0. The summed E-state index contributed by atoms with van der Waals surface area (Å²) in [5, 5.41) is 0. The van der Waals surface area contributed by atoms with Crippen molar-refractivity contribution in [2.45, 2.75) is 19.1 Å². The molecular weight excluding hydrogens is 369 g/mol. The number of methoxy groups -OCH3 is 1. The number of ether oxygens (including phenoxy) is 1. The molecule has 1 aromatic carbocycles. The Morgan fingerprint density at radius 1 is 1.11 bits per heavy atom. The molecule has 3 heterocycles. The van der Waals surface area contributed by atoms with Crippen LogP contribution in [-0.2, 0) is 19.1 Å². The number of pyridine rings is 1. The Hall–Kier alpha value is -3.16. The molecule has 0 atom stereocenters. The van der Waals surface area contributed by atoms with Crippen molar-refractivity contribution in [2.24, 2.45) is 0 Å². The van der Waals surface area contributed by atoms with Crippen molar-refractivity contribution in [3.8, 4) is 17.1 Å². The van der Waals surface area contributed by atoms with Crippen molar-refractivity contribution < 1.29 is 17.9 Å². The number of hydrogen-bond acceptors (Lipinski definition) is 5. The van der Waals surface area contributed by atoms with Crippen molar-refractivity contribution in [3.05, 3.63) is 65.6 Å². The van der Waals surface area contributed by atoms with E-state index in [0.29, 0.717) is 25.1 Å². The van der Waals surface area contributed by atoms with Gasteiger partial charge < -0.3 is 9.64 Å². The molecule has 0 aliphatic carbocycles. The molecule has 1 aliphatic heterocycles. The fraction of sp³-hybridized carbons (Fsp3) is 0.250. The number of fused-ring (bicyclic) bond motifs is 1. The number of benzene rings is 1. The van der Waals surface area contributed by atoms with Crippen LogP contribution in [0.15, 0.2) is 48.8 Å². The molecule has 0 radical (unpaired) electrons. The molecule has 144 valence electrons. The molecule has 4 rings (SSSR count). The second kappa shape index (κ2) is 7.10. The van der Waals surface area contributed by atoms with Gasteiger partial charge in [-0.3, -0.25) is 4.98 Å². The maximum atomic E-state index is 13.4. The van der Waals surface area contributed by atoms with Gasteiger partial charge in [-0.15, -0.1) is 0 Å². The van der Waals surface area contributed by atoms with Gasteiger partial charge >= 0.3 is 6.18 Å². The van der Waals surface area contributed by atoms with Crippen LogP contribution >= 0.6 is 0 Å². The lowest BCUT2D eigenvalue weighted by molar-refractivity contribution is -0.141. The zero-order valence-electron chi connectivity index (χ0n) is 15.1. The Labute approximate surface area is 159 Å². The average Bonchev–Trinajstić information content (AvgIpc) is 2.72. The van der Waals surface area contributed by atoms with Crippen LogP contribution in [0.2, 0.25) is 0 Å². The molecule has 28 heavy (non-hydrogen) atoms. The Morgan fingerprint density at radius 3 is 2.68 bits per heavy atom. The van der Waals surface area contributed by atoms with Crippen molar-refractivity contribution in [3.63, 3.8) is 0 Å². The lowest BCUT2D eigenvalue weighted by Crippen LogP contribution is -2.31. The summed E-state index contributed by atoms with van der Waals surface area (Å²) in [4.78, 5) is 13.9. The van der Waals surface area contributed by atoms with Gasteiger partial charge in [-0.05, 0) is 30.2 Å². The zero-order valence-corrected chi connectivity index (χ0v) is 15.1. The van der Waals surface area contributed by atoms with E-state index < -0.39 is 11.9 Å². The first-order valence-electron chi connectivity index (χ1n) is 8.72. The monoisotopic (exact) mass is 386 g/mol. The maximum absolute atomic E-state index is 13.4. The van der Waals surface area contributed by atoms with Crippen LogP contribution < -0.4 is 9.64 Å². The molecule has 2 aromatic heterocycles. The highest BCUT2D eigenvalue weighted by Crippen LogP contribution is 2.34. The number of anilines is 1. The van der Waals surface area contributed by atoms with Gasteiger partial charge in [0.15, 0.2) is 11.5 Å². The first-order valence-corrected chi connectivity index (χ1v) is 8.72. The summed E-state index contributed by atoms with van der Waals surface area (Å²) in [5.41, 5.74) is 1.57. The zero-order chi connectivity index (χ0) is 19.7. The molecule has 0 amide bonds. The van der Waals surface area contributed by atoms with Gasteiger partial charge in [-0.25, -0.2) is 9.97 Å². The Bertz CT molecular complexity index is 992. The number of aromatic nitrogens is 3. The number of alkyl halides is 3. The third-order valence-electron chi connectivity index (χ3n) is 4.69. The number of hydrogen-bond donors (Lipinski definition) is 0. The molecule has 0 unspecified atom stereocenters. The van der Waals surface area contributed by atoms with Crippen LogP contribution in [0.3, 0.4) is 0 Å². The Kier molecular flexibility index (Phi) is 4.62. The van der Waals surface area contributed by atoms with Crippen LogP contribution in [-0.4, -0.2) is 28.6 Å². The smallest absolute Gasteiger partial charge is 0.433 e. The second-order valence-corrected chi connectivity index (χ2v) is 6.44. The average molecular weight is 386 g/mol. The van der Waals surface area contributed by atoms with Crippen molar-refractivity contribution in [1.82, 2.24) is 15.0 Å². The second-order valence-electron chi connectivity index (χ2n) is 6.44. The predicted octanol–water partition coefficient (Wildman–Crippen LogP) is 4.13. The predicted molar refractivity (Wildman–Crippen MR) is 98.0 cm³/mol. The van der Waals surface area contributed by atoms with Gasteiger partial charge in [0, 0.05) is 42.7 Å². The Balaban J connectivity index is 1.75. The highest BCUT2D eigenvalue weighted by atomic mass is 19.4. The summed E-state index contributed by atoms with van der Waals surface area (Å²) in [6.07, 6.45) is -0.902. The van der Waals surface area contributed by atoms with E-state index >= 15 is 0 Å². The van der Waals surface area contributed by atoms with Gasteiger partial charge in [0.2, 0.25) is 0 Å².